The first kappa shape index (κ1) is 13.3. The molecule has 0 aliphatic carbocycles. The third kappa shape index (κ3) is 3.40. The second-order valence-electron chi connectivity index (χ2n) is 4.50. The number of carbonyl (C=O) groups excluding carboxylic acids is 1. The molecule has 7 nitrogen and oxygen atoms in total. The summed E-state index contributed by atoms with van der Waals surface area (Å²) in [5, 5.41) is 8.00. The lowest BCUT2D eigenvalue weighted by molar-refractivity contribution is -0.130. The second-order valence-corrected chi connectivity index (χ2v) is 4.50. The van der Waals surface area contributed by atoms with E-state index in [2.05, 4.69) is 19.8 Å². The predicted octanol–water partition coefficient (Wildman–Crippen LogP) is 0.932. The summed E-state index contributed by atoms with van der Waals surface area (Å²) in [4.78, 5) is 17.4. The largest absolute Gasteiger partial charge is 0.343 e. The molecule has 2 heterocycles. The first-order chi connectivity index (χ1) is 9.06. The number of amides is 1. The van der Waals surface area contributed by atoms with Crippen LogP contribution in [0.15, 0.2) is 17.0 Å². The van der Waals surface area contributed by atoms with Crippen molar-refractivity contribution in [2.45, 2.75) is 33.4 Å². The van der Waals surface area contributed by atoms with E-state index in [9.17, 15) is 4.79 Å². The van der Waals surface area contributed by atoms with Gasteiger partial charge in [0.1, 0.15) is 0 Å². The molecule has 0 aliphatic heterocycles. The van der Waals surface area contributed by atoms with Crippen molar-refractivity contribution in [1.82, 2.24) is 24.8 Å². The monoisotopic (exact) mass is 263 g/mol. The molecule has 0 saturated carbocycles. The van der Waals surface area contributed by atoms with Gasteiger partial charge in [0, 0.05) is 25.7 Å². The zero-order chi connectivity index (χ0) is 13.8. The molecule has 0 atom stereocenters. The average Bonchev–Trinajstić information content (AvgIpc) is 2.96. The van der Waals surface area contributed by atoms with Crippen LogP contribution in [0, 0.1) is 13.8 Å². The van der Waals surface area contributed by atoms with Gasteiger partial charge in [0.2, 0.25) is 12.3 Å². The molecule has 2 aromatic rings. The van der Waals surface area contributed by atoms with Gasteiger partial charge in [-0.05, 0) is 19.9 Å². The van der Waals surface area contributed by atoms with Crippen LogP contribution < -0.4 is 0 Å². The zero-order valence-electron chi connectivity index (χ0n) is 11.3. The van der Waals surface area contributed by atoms with E-state index in [0.717, 1.165) is 11.4 Å². The Labute approximate surface area is 111 Å². The maximum Gasteiger partial charge on any atom is 0.224 e. The number of aryl methyl sites for hydroxylation is 3. The normalized spacial score (nSPS) is 10.7. The molecule has 1 amide bonds. The molecule has 0 bridgehead atoms. The van der Waals surface area contributed by atoms with Gasteiger partial charge in [-0.25, -0.2) is 0 Å². The van der Waals surface area contributed by atoms with Gasteiger partial charge >= 0.3 is 0 Å². The van der Waals surface area contributed by atoms with Crippen LogP contribution >= 0.6 is 0 Å². The molecule has 19 heavy (non-hydrogen) atoms. The molecule has 0 fully saturated rings. The molecule has 0 spiro atoms. The number of aromatic nitrogens is 4. The molecule has 7 heteroatoms. The summed E-state index contributed by atoms with van der Waals surface area (Å²) < 4.78 is 6.47. The smallest absolute Gasteiger partial charge is 0.224 e. The zero-order valence-corrected chi connectivity index (χ0v) is 11.3. The number of carbonyl (C=O) groups is 1. The van der Waals surface area contributed by atoms with Gasteiger partial charge in [0.25, 0.3) is 0 Å². The Morgan fingerprint density at radius 1 is 1.47 bits per heavy atom. The summed E-state index contributed by atoms with van der Waals surface area (Å²) in [5.74, 6) is 0.527. The van der Waals surface area contributed by atoms with Crippen molar-refractivity contribution in [3.05, 3.63) is 29.7 Å². The summed E-state index contributed by atoms with van der Waals surface area (Å²) >= 11 is 0. The van der Waals surface area contributed by atoms with Crippen molar-refractivity contribution in [1.29, 1.82) is 0 Å². The molecule has 0 radical (unpaired) electrons. The first-order valence-electron chi connectivity index (χ1n) is 6.06. The lowest BCUT2D eigenvalue weighted by atomic mass is 10.3. The Morgan fingerprint density at radius 2 is 2.26 bits per heavy atom. The minimum Gasteiger partial charge on any atom is -0.343 e. The topological polar surface area (TPSA) is 77.0 Å². The van der Waals surface area contributed by atoms with Crippen molar-refractivity contribution < 1.29 is 9.32 Å². The van der Waals surface area contributed by atoms with Gasteiger partial charge < -0.3 is 9.42 Å². The van der Waals surface area contributed by atoms with E-state index >= 15 is 0 Å². The molecular formula is C12H17N5O2. The van der Waals surface area contributed by atoms with Crippen LogP contribution in [0.1, 0.15) is 23.6 Å². The highest BCUT2D eigenvalue weighted by atomic mass is 16.5. The van der Waals surface area contributed by atoms with Crippen LogP contribution in [0.3, 0.4) is 0 Å². The molecule has 0 unspecified atom stereocenters. The van der Waals surface area contributed by atoms with Crippen LogP contribution in [0.2, 0.25) is 0 Å². The summed E-state index contributed by atoms with van der Waals surface area (Å²) in [6, 6.07) is 1.99. The van der Waals surface area contributed by atoms with Crippen LogP contribution in [0.4, 0.5) is 0 Å². The fourth-order valence-electron chi connectivity index (χ4n) is 1.86. The first-order valence-corrected chi connectivity index (χ1v) is 6.06. The molecule has 0 aliphatic rings. The Bertz CT molecular complexity index is 546. The van der Waals surface area contributed by atoms with E-state index in [1.165, 1.54) is 6.39 Å². The van der Waals surface area contributed by atoms with Gasteiger partial charge in [-0.1, -0.05) is 5.16 Å². The highest BCUT2D eigenvalue weighted by molar-refractivity contribution is 5.75. The van der Waals surface area contributed by atoms with Gasteiger partial charge in [0.05, 0.1) is 12.2 Å². The van der Waals surface area contributed by atoms with E-state index in [1.807, 2.05) is 24.6 Å². The maximum absolute atomic E-state index is 12.0. The number of hydrogen-bond donors (Lipinski definition) is 0. The number of rotatable bonds is 5. The van der Waals surface area contributed by atoms with E-state index in [4.69, 9.17) is 0 Å². The van der Waals surface area contributed by atoms with E-state index in [0.29, 0.717) is 25.3 Å². The van der Waals surface area contributed by atoms with E-state index < -0.39 is 0 Å². The molecule has 102 valence electrons. The Morgan fingerprint density at radius 3 is 2.84 bits per heavy atom. The quantitative estimate of drug-likeness (QED) is 0.802. The number of nitrogens with zero attached hydrogens (tertiary/aromatic N) is 5. The third-order valence-corrected chi connectivity index (χ3v) is 2.85. The Kier molecular flexibility index (Phi) is 3.94. The van der Waals surface area contributed by atoms with Crippen LogP contribution in [-0.4, -0.2) is 37.8 Å². The van der Waals surface area contributed by atoms with Crippen molar-refractivity contribution in [3.63, 3.8) is 0 Å². The molecule has 0 saturated heterocycles. The maximum atomic E-state index is 12.0. The van der Waals surface area contributed by atoms with Crippen LogP contribution in [-0.2, 0) is 17.9 Å². The van der Waals surface area contributed by atoms with E-state index in [1.54, 1.807) is 11.9 Å². The lowest BCUT2D eigenvalue weighted by Gasteiger charge is -2.15. The summed E-state index contributed by atoms with van der Waals surface area (Å²) in [6.45, 7) is 4.85. The highest BCUT2D eigenvalue weighted by Gasteiger charge is 2.12. The molecule has 0 aromatic carbocycles. The fourth-order valence-corrected chi connectivity index (χ4v) is 1.86. The van der Waals surface area contributed by atoms with Crippen molar-refractivity contribution in [2.24, 2.45) is 0 Å². The van der Waals surface area contributed by atoms with Crippen molar-refractivity contribution in [2.75, 3.05) is 7.05 Å². The molecular weight excluding hydrogens is 246 g/mol. The second kappa shape index (κ2) is 5.64. The van der Waals surface area contributed by atoms with Gasteiger partial charge in [-0.15, -0.1) is 0 Å². The minimum absolute atomic E-state index is 0.0253. The van der Waals surface area contributed by atoms with Gasteiger partial charge in [-0.3, -0.25) is 9.48 Å². The Balaban J connectivity index is 1.85. The lowest BCUT2D eigenvalue weighted by Crippen LogP contribution is -2.27. The number of hydrogen-bond acceptors (Lipinski definition) is 5. The highest BCUT2D eigenvalue weighted by Crippen LogP contribution is 2.04. The van der Waals surface area contributed by atoms with Gasteiger partial charge in [-0.2, -0.15) is 10.1 Å². The summed E-state index contributed by atoms with van der Waals surface area (Å²) in [6.07, 6.45) is 1.65. The molecule has 2 rings (SSSR count). The van der Waals surface area contributed by atoms with Crippen molar-refractivity contribution >= 4 is 5.91 Å². The molecule has 2 aromatic heterocycles. The minimum atomic E-state index is 0.0253. The average molecular weight is 263 g/mol. The predicted molar refractivity (Wildman–Crippen MR) is 67.1 cm³/mol. The third-order valence-electron chi connectivity index (χ3n) is 2.85. The Hall–Kier alpha value is -2.18. The van der Waals surface area contributed by atoms with E-state index in [-0.39, 0.29) is 5.91 Å². The van der Waals surface area contributed by atoms with Crippen LogP contribution in [0.5, 0.6) is 0 Å². The fraction of sp³-hybridized carbons (Fsp3) is 0.500. The standard InChI is InChI=1S/C12H17N5O2/c1-9-6-10(2)17(14-9)5-4-12(18)16(3)7-11-13-8-19-15-11/h6,8H,4-5,7H2,1-3H3. The molecule has 0 N–H and O–H groups in total. The van der Waals surface area contributed by atoms with Crippen molar-refractivity contribution in [3.8, 4) is 0 Å². The SMILES string of the molecule is Cc1cc(C)n(CCC(=O)N(C)Cc2ncon2)n1. The van der Waals surface area contributed by atoms with Gasteiger partial charge in [0.15, 0.2) is 5.82 Å². The summed E-state index contributed by atoms with van der Waals surface area (Å²) in [5.41, 5.74) is 2.02. The summed E-state index contributed by atoms with van der Waals surface area (Å²) in [7, 11) is 1.72. The van der Waals surface area contributed by atoms with Crippen LogP contribution in [0.25, 0.3) is 0 Å².